The molecule has 4 rings (SSSR count). The van der Waals surface area contributed by atoms with E-state index in [0.29, 0.717) is 10.8 Å². The highest BCUT2D eigenvalue weighted by Gasteiger charge is 2.33. The van der Waals surface area contributed by atoms with E-state index in [1.165, 1.54) is 21.4 Å². The van der Waals surface area contributed by atoms with Crippen LogP contribution < -0.4 is 5.73 Å². The number of primary amides is 1. The molecular weight excluding hydrogens is 362 g/mol. The molecule has 0 bridgehead atoms. The second-order valence-corrected chi connectivity index (χ2v) is 8.18. The minimum Gasteiger partial charge on any atom is -0.492 e. The summed E-state index contributed by atoms with van der Waals surface area (Å²) in [5.41, 5.74) is 7.77. The zero-order valence-corrected chi connectivity index (χ0v) is 16.2. The summed E-state index contributed by atoms with van der Waals surface area (Å²) in [6.45, 7) is 5.37. The van der Waals surface area contributed by atoms with Crippen molar-refractivity contribution in [3.63, 3.8) is 0 Å². The molecule has 1 aliphatic rings. The van der Waals surface area contributed by atoms with Gasteiger partial charge in [0.1, 0.15) is 5.82 Å². The molecule has 1 aliphatic heterocycles. The fraction of sp³-hybridized carbons (Fsp3) is 0.421. The lowest BCUT2D eigenvalue weighted by atomic mass is 9.93. The first-order valence-corrected chi connectivity index (χ1v) is 9.90. The smallest absolute Gasteiger partial charge is 0.230 e. The number of aryl methyl sites for hydroxylation is 2. The third-order valence-electron chi connectivity index (χ3n) is 5.21. The lowest BCUT2D eigenvalue weighted by Crippen LogP contribution is -2.40. The molecule has 1 atom stereocenters. The van der Waals surface area contributed by atoms with Crippen LogP contribution in [-0.2, 0) is 4.79 Å². The van der Waals surface area contributed by atoms with Gasteiger partial charge in [-0.3, -0.25) is 9.69 Å². The Bertz CT molecular complexity index is 987. The van der Waals surface area contributed by atoms with Crippen LogP contribution in [0.1, 0.15) is 40.7 Å². The van der Waals surface area contributed by atoms with Crippen LogP contribution in [0.25, 0.3) is 4.96 Å². The number of rotatable bonds is 4. The Balaban J connectivity index is 1.75. The SMILES string of the molecule is Cc1cccc([C@@H](c2sc3nc(C)nn3c2O)N2CCC(C(N)=O)CC2)c1. The van der Waals surface area contributed by atoms with Crippen molar-refractivity contribution in [1.82, 2.24) is 19.5 Å². The zero-order valence-electron chi connectivity index (χ0n) is 15.4. The quantitative estimate of drug-likeness (QED) is 0.719. The molecular formula is C19H23N5O2S. The summed E-state index contributed by atoms with van der Waals surface area (Å²) in [6, 6.07) is 8.22. The Morgan fingerprint density at radius 3 is 2.70 bits per heavy atom. The van der Waals surface area contributed by atoms with Gasteiger partial charge in [0, 0.05) is 5.92 Å². The van der Waals surface area contributed by atoms with Crippen molar-refractivity contribution in [1.29, 1.82) is 0 Å². The van der Waals surface area contributed by atoms with Gasteiger partial charge in [0.05, 0.1) is 10.9 Å². The number of amides is 1. The Hall–Kier alpha value is -2.45. The summed E-state index contributed by atoms with van der Waals surface area (Å²) < 4.78 is 1.51. The van der Waals surface area contributed by atoms with E-state index in [9.17, 15) is 9.90 Å². The van der Waals surface area contributed by atoms with Gasteiger partial charge < -0.3 is 10.8 Å². The van der Waals surface area contributed by atoms with Crippen molar-refractivity contribution in [3.8, 4) is 5.88 Å². The summed E-state index contributed by atoms with van der Waals surface area (Å²) in [5, 5.41) is 15.1. The van der Waals surface area contributed by atoms with Gasteiger partial charge in [0.2, 0.25) is 16.7 Å². The van der Waals surface area contributed by atoms with E-state index in [4.69, 9.17) is 5.73 Å². The van der Waals surface area contributed by atoms with E-state index in [-0.39, 0.29) is 23.7 Å². The van der Waals surface area contributed by atoms with E-state index in [1.807, 2.05) is 13.0 Å². The molecule has 1 amide bonds. The summed E-state index contributed by atoms with van der Waals surface area (Å²) in [4.78, 5) is 19.8. The third-order valence-corrected chi connectivity index (χ3v) is 6.28. The van der Waals surface area contributed by atoms with E-state index >= 15 is 0 Å². The van der Waals surface area contributed by atoms with Crippen LogP contribution in [-0.4, -0.2) is 43.6 Å². The van der Waals surface area contributed by atoms with Crippen molar-refractivity contribution < 1.29 is 9.90 Å². The summed E-state index contributed by atoms with van der Waals surface area (Å²) >= 11 is 1.46. The second kappa shape index (κ2) is 6.94. The Morgan fingerprint density at radius 1 is 1.33 bits per heavy atom. The van der Waals surface area contributed by atoms with Gasteiger partial charge in [0.25, 0.3) is 0 Å². The predicted molar refractivity (Wildman–Crippen MR) is 104 cm³/mol. The van der Waals surface area contributed by atoms with Crippen LogP contribution in [0.2, 0.25) is 0 Å². The minimum absolute atomic E-state index is 0.0713. The number of nitrogens with zero attached hydrogens (tertiary/aromatic N) is 4. The number of nitrogens with two attached hydrogens (primary N) is 1. The average molecular weight is 385 g/mol. The summed E-state index contributed by atoms with van der Waals surface area (Å²) in [5.74, 6) is 0.480. The van der Waals surface area contributed by atoms with Crippen LogP contribution in [0, 0.1) is 19.8 Å². The van der Waals surface area contributed by atoms with Gasteiger partial charge in [-0.25, -0.2) is 4.98 Å². The number of benzene rings is 1. The number of carbonyl (C=O) groups excluding carboxylic acids is 1. The lowest BCUT2D eigenvalue weighted by molar-refractivity contribution is -0.123. The van der Waals surface area contributed by atoms with Gasteiger partial charge in [-0.05, 0) is 45.3 Å². The molecule has 3 heterocycles. The molecule has 0 radical (unpaired) electrons. The van der Waals surface area contributed by atoms with Crippen LogP contribution in [0.5, 0.6) is 5.88 Å². The Kier molecular flexibility index (Phi) is 4.61. The number of aromatic hydroxyl groups is 1. The van der Waals surface area contributed by atoms with Crippen molar-refractivity contribution in [2.24, 2.45) is 11.7 Å². The van der Waals surface area contributed by atoms with Crippen molar-refractivity contribution in [2.75, 3.05) is 13.1 Å². The van der Waals surface area contributed by atoms with Gasteiger partial charge in [0.15, 0.2) is 0 Å². The average Bonchev–Trinajstić information content (AvgIpc) is 3.14. The first-order valence-electron chi connectivity index (χ1n) is 9.09. The molecule has 8 heteroatoms. The van der Waals surface area contributed by atoms with Crippen LogP contribution in [0.3, 0.4) is 0 Å². The van der Waals surface area contributed by atoms with Crippen molar-refractivity contribution in [3.05, 3.63) is 46.1 Å². The molecule has 1 fully saturated rings. The van der Waals surface area contributed by atoms with Gasteiger partial charge in [-0.1, -0.05) is 41.2 Å². The zero-order chi connectivity index (χ0) is 19.1. The summed E-state index contributed by atoms with van der Waals surface area (Å²) in [6.07, 6.45) is 1.47. The highest BCUT2D eigenvalue weighted by Crippen LogP contribution is 2.41. The Morgan fingerprint density at radius 2 is 2.07 bits per heavy atom. The number of carbonyl (C=O) groups is 1. The molecule has 142 valence electrons. The lowest BCUT2D eigenvalue weighted by Gasteiger charge is -2.36. The standard InChI is InChI=1S/C19H23N5O2S/c1-11-4-3-5-14(10-11)15(23-8-6-13(7-9-23)17(20)25)16-18(26)24-19(27-16)21-12(2)22-24/h3-5,10,13,15,26H,6-9H2,1-2H3,(H2,20,25)/t15-/m0/s1. The second-order valence-electron chi connectivity index (χ2n) is 7.17. The molecule has 2 aromatic heterocycles. The monoisotopic (exact) mass is 385 g/mol. The number of fused-ring (bicyclic) bond motifs is 1. The first kappa shape index (κ1) is 17.9. The molecule has 0 spiro atoms. The molecule has 1 aromatic carbocycles. The largest absolute Gasteiger partial charge is 0.492 e. The van der Waals surface area contributed by atoms with Crippen molar-refractivity contribution >= 4 is 22.2 Å². The fourth-order valence-electron chi connectivity index (χ4n) is 3.84. The van der Waals surface area contributed by atoms with E-state index in [1.54, 1.807) is 0 Å². The number of thiazole rings is 1. The minimum atomic E-state index is -0.223. The molecule has 0 saturated carbocycles. The maximum absolute atomic E-state index is 11.5. The highest BCUT2D eigenvalue weighted by molar-refractivity contribution is 7.17. The molecule has 1 saturated heterocycles. The van der Waals surface area contributed by atoms with E-state index < -0.39 is 0 Å². The maximum Gasteiger partial charge on any atom is 0.230 e. The number of likely N-dealkylation sites (tertiary alicyclic amines) is 1. The molecule has 0 unspecified atom stereocenters. The normalized spacial score (nSPS) is 17.4. The van der Waals surface area contributed by atoms with Crippen LogP contribution in [0.4, 0.5) is 0 Å². The first-order chi connectivity index (χ1) is 12.9. The Labute approximate surface area is 161 Å². The van der Waals surface area contributed by atoms with E-state index in [0.717, 1.165) is 36.4 Å². The van der Waals surface area contributed by atoms with Gasteiger partial charge in [-0.2, -0.15) is 4.52 Å². The van der Waals surface area contributed by atoms with Gasteiger partial charge >= 0.3 is 0 Å². The summed E-state index contributed by atoms with van der Waals surface area (Å²) in [7, 11) is 0. The number of piperidine rings is 1. The molecule has 3 N–H and O–H groups in total. The topological polar surface area (TPSA) is 96.8 Å². The predicted octanol–water partition coefficient (Wildman–Crippen LogP) is 2.40. The number of aromatic nitrogens is 3. The van der Waals surface area contributed by atoms with Crippen LogP contribution >= 0.6 is 11.3 Å². The van der Waals surface area contributed by atoms with Crippen LogP contribution in [0.15, 0.2) is 24.3 Å². The highest BCUT2D eigenvalue weighted by atomic mass is 32.1. The van der Waals surface area contributed by atoms with E-state index in [2.05, 4.69) is 40.1 Å². The molecule has 0 aliphatic carbocycles. The number of hydrogen-bond donors (Lipinski definition) is 2. The molecule has 27 heavy (non-hydrogen) atoms. The number of hydrogen-bond acceptors (Lipinski definition) is 6. The fourth-order valence-corrected chi connectivity index (χ4v) is 5.00. The third kappa shape index (κ3) is 3.30. The van der Waals surface area contributed by atoms with Crippen molar-refractivity contribution in [2.45, 2.75) is 32.7 Å². The maximum atomic E-state index is 11.5. The molecule has 3 aromatic rings. The van der Waals surface area contributed by atoms with Gasteiger partial charge in [-0.15, -0.1) is 5.10 Å². The molecule has 7 nitrogen and oxygen atoms in total.